The number of benzene rings is 1. The highest BCUT2D eigenvalue weighted by atomic mass is 19.1. The van der Waals surface area contributed by atoms with Gasteiger partial charge in [-0.05, 0) is 37.5 Å². The number of hydrogen-bond acceptors (Lipinski definition) is 4. The van der Waals surface area contributed by atoms with Crippen molar-refractivity contribution in [2.75, 3.05) is 13.1 Å². The molecule has 30 heavy (non-hydrogen) atoms. The van der Waals surface area contributed by atoms with Gasteiger partial charge in [0.15, 0.2) is 5.69 Å². The van der Waals surface area contributed by atoms with Crippen molar-refractivity contribution in [2.45, 2.75) is 45.8 Å². The minimum absolute atomic E-state index is 0.0304. The number of rotatable bonds is 7. The maximum absolute atomic E-state index is 13.1. The zero-order chi connectivity index (χ0) is 21.7. The summed E-state index contributed by atoms with van der Waals surface area (Å²) in [6, 6.07) is 7.50. The van der Waals surface area contributed by atoms with Crippen LogP contribution in [0.25, 0.3) is 0 Å². The van der Waals surface area contributed by atoms with Gasteiger partial charge in [0.1, 0.15) is 11.5 Å². The van der Waals surface area contributed by atoms with Gasteiger partial charge in [-0.1, -0.05) is 19.1 Å². The predicted octanol–water partition coefficient (Wildman–Crippen LogP) is 1.71. The SMILES string of the molecule is CCC(C)NC(=O)CNC(=O)c1cc2n(n1)CCCN(Cc1ccc(F)cc1)C2=O. The van der Waals surface area contributed by atoms with Crippen LogP contribution >= 0.6 is 0 Å². The van der Waals surface area contributed by atoms with Crippen molar-refractivity contribution in [1.82, 2.24) is 25.3 Å². The number of fused-ring (bicyclic) bond motifs is 1. The Balaban J connectivity index is 1.66. The number of aryl methyl sites for hydroxylation is 1. The molecule has 1 unspecified atom stereocenters. The highest BCUT2D eigenvalue weighted by molar-refractivity contribution is 5.99. The average molecular weight is 415 g/mol. The lowest BCUT2D eigenvalue weighted by Crippen LogP contribution is -2.40. The summed E-state index contributed by atoms with van der Waals surface area (Å²) in [7, 11) is 0. The summed E-state index contributed by atoms with van der Waals surface area (Å²) in [5.74, 6) is -1.35. The van der Waals surface area contributed by atoms with Gasteiger partial charge in [-0.25, -0.2) is 4.39 Å². The third-order valence-corrected chi connectivity index (χ3v) is 5.03. The van der Waals surface area contributed by atoms with Crippen LogP contribution in [0.2, 0.25) is 0 Å². The number of hydrogen-bond donors (Lipinski definition) is 2. The van der Waals surface area contributed by atoms with Crippen LogP contribution < -0.4 is 10.6 Å². The molecule has 0 bridgehead atoms. The lowest BCUT2D eigenvalue weighted by molar-refractivity contribution is -0.120. The van der Waals surface area contributed by atoms with E-state index in [1.807, 2.05) is 13.8 Å². The quantitative estimate of drug-likeness (QED) is 0.720. The zero-order valence-corrected chi connectivity index (χ0v) is 17.2. The predicted molar refractivity (Wildman–Crippen MR) is 108 cm³/mol. The van der Waals surface area contributed by atoms with Crippen LogP contribution in [0.5, 0.6) is 0 Å². The maximum atomic E-state index is 13.1. The van der Waals surface area contributed by atoms with Crippen LogP contribution in [0.4, 0.5) is 4.39 Å². The Morgan fingerprint density at radius 1 is 1.23 bits per heavy atom. The molecule has 0 spiro atoms. The molecule has 0 radical (unpaired) electrons. The van der Waals surface area contributed by atoms with E-state index in [0.29, 0.717) is 31.7 Å². The monoisotopic (exact) mass is 415 g/mol. The van der Waals surface area contributed by atoms with Crippen molar-refractivity contribution in [3.63, 3.8) is 0 Å². The minimum Gasteiger partial charge on any atom is -0.352 e. The standard InChI is InChI=1S/C21H26FN5O3/c1-3-14(2)24-19(28)12-23-20(29)17-11-18-21(30)26(9-4-10-27(18)25-17)13-15-5-7-16(22)8-6-15/h5-8,11,14H,3-4,9-10,12-13H2,1-2H3,(H,23,29)(H,24,28). The summed E-state index contributed by atoms with van der Waals surface area (Å²) < 4.78 is 14.6. The summed E-state index contributed by atoms with van der Waals surface area (Å²) >= 11 is 0. The van der Waals surface area contributed by atoms with Gasteiger partial charge in [-0.15, -0.1) is 0 Å². The second-order valence-corrected chi connectivity index (χ2v) is 7.40. The summed E-state index contributed by atoms with van der Waals surface area (Å²) in [6.07, 6.45) is 1.48. The summed E-state index contributed by atoms with van der Waals surface area (Å²) in [5.41, 5.74) is 1.24. The van der Waals surface area contributed by atoms with Crippen LogP contribution in [-0.2, 0) is 17.9 Å². The fraction of sp³-hybridized carbons (Fsp3) is 0.429. The van der Waals surface area contributed by atoms with Gasteiger partial charge in [-0.2, -0.15) is 5.10 Å². The second-order valence-electron chi connectivity index (χ2n) is 7.40. The highest BCUT2D eigenvalue weighted by Gasteiger charge is 2.26. The molecule has 0 fully saturated rings. The molecule has 9 heteroatoms. The molecule has 3 rings (SSSR count). The van der Waals surface area contributed by atoms with E-state index in [4.69, 9.17) is 0 Å². The van der Waals surface area contributed by atoms with Gasteiger partial charge in [0.25, 0.3) is 11.8 Å². The first kappa shape index (κ1) is 21.5. The van der Waals surface area contributed by atoms with Crippen molar-refractivity contribution in [2.24, 2.45) is 0 Å². The van der Waals surface area contributed by atoms with Gasteiger partial charge < -0.3 is 15.5 Å². The number of carbonyl (C=O) groups is 3. The van der Waals surface area contributed by atoms with Crippen LogP contribution in [0.3, 0.4) is 0 Å². The Morgan fingerprint density at radius 2 is 1.97 bits per heavy atom. The van der Waals surface area contributed by atoms with Gasteiger partial charge in [0, 0.05) is 31.7 Å². The van der Waals surface area contributed by atoms with Gasteiger partial charge in [0.05, 0.1) is 6.54 Å². The number of halogens is 1. The topological polar surface area (TPSA) is 96.3 Å². The van der Waals surface area contributed by atoms with Crippen molar-refractivity contribution >= 4 is 17.7 Å². The Labute approximate surface area is 174 Å². The third kappa shape index (κ3) is 5.22. The summed E-state index contributed by atoms with van der Waals surface area (Å²) in [5, 5.41) is 9.55. The molecule has 2 N–H and O–H groups in total. The smallest absolute Gasteiger partial charge is 0.272 e. The molecule has 0 saturated carbocycles. The first-order valence-corrected chi connectivity index (χ1v) is 10.1. The molecule has 1 atom stereocenters. The molecular formula is C21H26FN5O3. The number of aromatic nitrogens is 2. The normalized spacial score (nSPS) is 14.6. The fourth-order valence-corrected chi connectivity index (χ4v) is 3.19. The lowest BCUT2D eigenvalue weighted by Gasteiger charge is -2.20. The molecule has 8 nitrogen and oxygen atoms in total. The van der Waals surface area contributed by atoms with Crippen LogP contribution in [0.15, 0.2) is 30.3 Å². The van der Waals surface area contributed by atoms with E-state index < -0.39 is 5.91 Å². The molecular weight excluding hydrogens is 389 g/mol. The van der Waals surface area contributed by atoms with Crippen molar-refractivity contribution < 1.29 is 18.8 Å². The molecule has 1 aliphatic heterocycles. The molecule has 1 aromatic carbocycles. The molecule has 0 aliphatic carbocycles. The molecule has 2 aromatic rings. The zero-order valence-electron chi connectivity index (χ0n) is 17.2. The number of nitrogens with zero attached hydrogens (tertiary/aromatic N) is 3. The van der Waals surface area contributed by atoms with E-state index in [0.717, 1.165) is 12.0 Å². The van der Waals surface area contributed by atoms with Crippen LogP contribution in [0, 0.1) is 5.82 Å². The first-order valence-electron chi connectivity index (χ1n) is 10.1. The van der Waals surface area contributed by atoms with E-state index in [1.165, 1.54) is 22.9 Å². The number of amides is 3. The Kier molecular flexibility index (Phi) is 6.81. The van der Waals surface area contributed by atoms with E-state index in [9.17, 15) is 18.8 Å². The number of carbonyl (C=O) groups excluding carboxylic acids is 3. The molecule has 1 aromatic heterocycles. The maximum Gasteiger partial charge on any atom is 0.272 e. The van der Waals surface area contributed by atoms with E-state index in [1.54, 1.807) is 17.0 Å². The summed E-state index contributed by atoms with van der Waals surface area (Å²) in [4.78, 5) is 38.9. The van der Waals surface area contributed by atoms with Gasteiger partial charge in [-0.3, -0.25) is 19.1 Å². The van der Waals surface area contributed by atoms with Crippen LogP contribution in [0.1, 0.15) is 53.2 Å². The Bertz CT molecular complexity index is 925. The largest absolute Gasteiger partial charge is 0.352 e. The van der Waals surface area contributed by atoms with Gasteiger partial charge in [0.2, 0.25) is 5.91 Å². The summed E-state index contributed by atoms with van der Waals surface area (Å²) in [6.45, 7) is 5.07. The van der Waals surface area contributed by atoms with E-state index in [2.05, 4.69) is 15.7 Å². The molecule has 2 heterocycles. The minimum atomic E-state index is -0.507. The average Bonchev–Trinajstić information content (AvgIpc) is 3.10. The molecule has 1 aliphatic rings. The lowest BCUT2D eigenvalue weighted by atomic mass is 10.2. The van der Waals surface area contributed by atoms with E-state index in [-0.39, 0.29) is 35.9 Å². The highest BCUT2D eigenvalue weighted by Crippen LogP contribution is 2.17. The van der Waals surface area contributed by atoms with Crippen molar-refractivity contribution in [3.05, 3.63) is 53.1 Å². The van der Waals surface area contributed by atoms with E-state index >= 15 is 0 Å². The van der Waals surface area contributed by atoms with Crippen LogP contribution in [-0.4, -0.2) is 51.5 Å². The third-order valence-electron chi connectivity index (χ3n) is 5.03. The fourth-order valence-electron chi connectivity index (χ4n) is 3.19. The second kappa shape index (κ2) is 9.51. The Morgan fingerprint density at radius 3 is 2.67 bits per heavy atom. The Hall–Kier alpha value is -3.23. The van der Waals surface area contributed by atoms with Gasteiger partial charge >= 0.3 is 0 Å². The number of nitrogens with one attached hydrogen (secondary N) is 2. The molecule has 3 amide bonds. The first-order chi connectivity index (χ1) is 14.4. The molecule has 0 saturated heterocycles. The van der Waals surface area contributed by atoms with Crippen molar-refractivity contribution in [3.8, 4) is 0 Å². The van der Waals surface area contributed by atoms with Crippen molar-refractivity contribution in [1.29, 1.82) is 0 Å². The molecule has 160 valence electrons.